The Kier molecular flexibility index (Phi) is 7.59. The van der Waals surface area contributed by atoms with Gasteiger partial charge in [0.15, 0.2) is 5.75 Å². The summed E-state index contributed by atoms with van der Waals surface area (Å²) in [6.45, 7) is 18.9. The Morgan fingerprint density at radius 1 is 1.15 bits per heavy atom. The second kappa shape index (κ2) is 8.11. The fraction of sp³-hybridized carbons (Fsp3) is 0.556. The lowest BCUT2D eigenvalue weighted by Gasteiger charge is -2.27. The van der Waals surface area contributed by atoms with E-state index in [9.17, 15) is 0 Å². The summed E-state index contributed by atoms with van der Waals surface area (Å²) >= 11 is 0. The molecule has 2 heteroatoms. The van der Waals surface area contributed by atoms with Crippen LogP contribution >= 0.6 is 0 Å². The molecule has 1 aromatic carbocycles. The van der Waals surface area contributed by atoms with Crippen molar-refractivity contribution in [2.75, 3.05) is 0 Å². The highest BCUT2D eigenvalue weighted by Crippen LogP contribution is 2.37. The molecule has 0 saturated carbocycles. The van der Waals surface area contributed by atoms with Crippen LogP contribution in [0.4, 0.5) is 0 Å². The molecule has 2 N–H and O–H groups in total. The van der Waals surface area contributed by atoms with Gasteiger partial charge in [0.2, 0.25) is 0 Å². The number of hydrogen-bond acceptors (Lipinski definition) is 2. The zero-order chi connectivity index (χ0) is 15.9. The van der Waals surface area contributed by atoms with Gasteiger partial charge in [-0.05, 0) is 35.4 Å². The Labute approximate surface area is 125 Å². The monoisotopic (exact) mass is 277 g/mol. The number of benzene rings is 1. The largest absolute Gasteiger partial charge is 0.411 e. The average Bonchev–Trinajstić information content (AvgIpc) is 2.45. The highest BCUT2D eigenvalue weighted by molar-refractivity contribution is 5.63. The highest BCUT2D eigenvalue weighted by Gasteiger charge is 2.23. The molecule has 0 aliphatic heterocycles. The Morgan fingerprint density at radius 3 is 1.95 bits per heavy atom. The maximum absolute atomic E-state index is 5.44. The minimum atomic E-state index is 0.111. The number of hydrogen-bond donors (Lipinski definition) is 1. The van der Waals surface area contributed by atoms with E-state index in [1.807, 2.05) is 19.9 Å². The second-order valence-corrected chi connectivity index (χ2v) is 5.58. The first-order valence-electron chi connectivity index (χ1n) is 7.59. The van der Waals surface area contributed by atoms with Gasteiger partial charge in [0, 0.05) is 11.1 Å². The Hall–Kier alpha value is -1.28. The molecule has 20 heavy (non-hydrogen) atoms. The lowest BCUT2D eigenvalue weighted by atomic mass is 9.79. The molecule has 1 rings (SSSR count). The summed E-state index contributed by atoms with van der Waals surface area (Å²) in [6, 6.07) is 2.16. The van der Waals surface area contributed by atoms with E-state index in [2.05, 4.69) is 47.3 Å². The van der Waals surface area contributed by atoms with Gasteiger partial charge in [0.05, 0.1) is 0 Å². The third-order valence-corrected chi connectivity index (χ3v) is 3.38. The molecule has 0 aromatic heterocycles. The van der Waals surface area contributed by atoms with Crippen molar-refractivity contribution >= 4 is 6.08 Å². The molecule has 0 saturated heterocycles. The smallest absolute Gasteiger partial charge is 0.157 e. The van der Waals surface area contributed by atoms with Gasteiger partial charge in [0.25, 0.3) is 0 Å². The first-order chi connectivity index (χ1) is 9.40. The van der Waals surface area contributed by atoms with E-state index in [0.717, 1.165) is 24.2 Å². The Balaban J connectivity index is 0.00000172. The maximum atomic E-state index is 5.44. The van der Waals surface area contributed by atoms with E-state index in [1.54, 1.807) is 0 Å². The van der Waals surface area contributed by atoms with Gasteiger partial charge in [-0.15, -0.1) is 0 Å². The van der Waals surface area contributed by atoms with Crippen LogP contribution in [-0.4, -0.2) is 0 Å². The molecule has 0 aliphatic rings. The van der Waals surface area contributed by atoms with Crippen molar-refractivity contribution in [1.82, 2.24) is 0 Å². The quantitative estimate of drug-likeness (QED) is 0.783. The fourth-order valence-electron chi connectivity index (χ4n) is 2.52. The van der Waals surface area contributed by atoms with Crippen molar-refractivity contribution in [2.24, 2.45) is 5.90 Å². The topological polar surface area (TPSA) is 35.2 Å². The first-order valence-corrected chi connectivity index (χ1v) is 7.59. The zero-order valence-electron chi connectivity index (χ0n) is 14.3. The summed E-state index contributed by atoms with van der Waals surface area (Å²) in [5.41, 5.74) is 5.02. The summed E-state index contributed by atoms with van der Waals surface area (Å²) in [4.78, 5) is 5.10. The van der Waals surface area contributed by atoms with E-state index < -0.39 is 0 Å². The molecule has 0 unspecified atom stereocenters. The van der Waals surface area contributed by atoms with E-state index >= 15 is 0 Å². The van der Waals surface area contributed by atoms with Crippen molar-refractivity contribution in [3.63, 3.8) is 0 Å². The standard InChI is InChI=1S/C16H25NO.C2H6/c1-7-11-10-14(16(4,5)6)12(8-2)13(9-3)15(11)18-17;1-2/h7,10H,1,8-9,17H2,2-6H3;1-2H3. The summed E-state index contributed by atoms with van der Waals surface area (Å²) in [7, 11) is 0. The van der Waals surface area contributed by atoms with Crippen molar-refractivity contribution in [3.05, 3.63) is 34.9 Å². The van der Waals surface area contributed by atoms with Gasteiger partial charge in [-0.1, -0.05) is 61.1 Å². The van der Waals surface area contributed by atoms with Crippen molar-refractivity contribution in [3.8, 4) is 5.75 Å². The lowest BCUT2D eigenvalue weighted by Crippen LogP contribution is -2.18. The van der Waals surface area contributed by atoms with Crippen LogP contribution in [0, 0.1) is 0 Å². The highest BCUT2D eigenvalue weighted by atomic mass is 16.6. The Morgan fingerprint density at radius 2 is 1.65 bits per heavy atom. The second-order valence-electron chi connectivity index (χ2n) is 5.58. The van der Waals surface area contributed by atoms with Gasteiger partial charge < -0.3 is 4.84 Å². The molecule has 0 amide bonds. The molecule has 0 aliphatic carbocycles. The van der Waals surface area contributed by atoms with Crippen LogP contribution in [0.15, 0.2) is 12.6 Å². The van der Waals surface area contributed by atoms with E-state index in [1.165, 1.54) is 16.7 Å². The van der Waals surface area contributed by atoms with Crippen molar-refractivity contribution in [2.45, 2.75) is 66.7 Å². The van der Waals surface area contributed by atoms with Gasteiger partial charge >= 0.3 is 0 Å². The first kappa shape index (κ1) is 18.7. The molecule has 0 spiro atoms. The van der Waals surface area contributed by atoms with Crippen LogP contribution in [0.1, 0.15) is 70.7 Å². The normalized spacial score (nSPS) is 10.6. The molecule has 114 valence electrons. The molecule has 0 heterocycles. The van der Waals surface area contributed by atoms with E-state index in [-0.39, 0.29) is 5.41 Å². The van der Waals surface area contributed by atoms with Crippen LogP contribution in [0.5, 0.6) is 5.75 Å². The fourth-order valence-corrected chi connectivity index (χ4v) is 2.52. The molecule has 2 nitrogen and oxygen atoms in total. The van der Waals surface area contributed by atoms with Crippen LogP contribution < -0.4 is 10.7 Å². The third kappa shape index (κ3) is 3.86. The van der Waals surface area contributed by atoms with E-state index in [0.29, 0.717) is 0 Å². The zero-order valence-corrected chi connectivity index (χ0v) is 14.3. The minimum Gasteiger partial charge on any atom is -0.411 e. The molecule has 0 bridgehead atoms. The predicted octanol–water partition coefficient (Wildman–Crippen LogP) is 5.03. The van der Waals surface area contributed by atoms with Gasteiger partial charge in [-0.3, -0.25) is 0 Å². The third-order valence-electron chi connectivity index (χ3n) is 3.38. The Bertz CT molecular complexity index is 442. The van der Waals surface area contributed by atoms with Crippen LogP contribution in [0.3, 0.4) is 0 Å². The number of rotatable bonds is 4. The summed E-state index contributed by atoms with van der Waals surface area (Å²) in [5, 5.41) is 0. The summed E-state index contributed by atoms with van der Waals surface area (Å²) in [6.07, 6.45) is 3.72. The molecule has 0 radical (unpaired) electrons. The maximum Gasteiger partial charge on any atom is 0.157 e. The number of nitrogens with two attached hydrogens (primary N) is 1. The van der Waals surface area contributed by atoms with Gasteiger partial charge in [0.1, 0.15) is 0 Å². The van der Waals surface area contributed by atoms with Crippen LogP contribution in [-0.2, 0) is 18.3 Å². The lowest BCUT2D eigenvalue weighted by molar-refractivity contribution is 0.329. The molecule has 0 atom stereocenters. The van der Waals surface area contributed by atoms with Gasteiger partial charge in [-0.2, -0.15) is 5.90 Å². The average molecular weight is 277 g/mol. The SMILES string of the molecule is C=Cc1cc(C(C)(C)C)c(CC)c(CC)c1ON.CC. The van der Waals surface area contributed by atoms with Crippen LogP contribution in [0.2, 0.25) is 0 Å². The minimum absolute atomic E-state index is 0.111. The van der Waals surface area contributed by atoms with E-state index in [4.69, 9.17) is 10.7 Å². The molecule has 0 fully saturated rings. The summed E-state index contributed by atoms with van der Waals surface area (Å²) < 4.78 is 0. The molecule has 1 aromatic rings. The predicted molar refractivity (Wildman–Crippen MR) is 90.2 cm³/mol. The van der Waals surface area contributed by atoms with Crippen molar-refractivity contribution in [1.29, 1.82) is 0 Å². The summed E-state index contributed by atoms with van der Waals surface area (Å²) in [5.74, 6) is 6.21. The van der Waals surface area contributed by atoms with Crippen molar-refractivity contribution < 1.29 is 4.84 Å². The molecular formula is C18H31NO. The van der Waals surface area contributed by atoms with Crippen LogP contribution in [0.25, 0.3) is 6.08 Å². The van der Waals surface area contributed by atoms with Gasteiger partial charge in [-0.25, -0.2) is 0 Å². The molecular weight excluding hydrogens is 246 g/mol.